The average molecular weight is 315 g/mol. The number of hydrogen-bond donors (Lipinski definition) is 1. The van der Waals surface area contributed by atoms with E-state index in [1.54, 1.807) is 0 Å². The summed E-state index contributed by atoms with van der Waals surface area (Å²) in [6, 6.07) is 8.33. The molecule has 1 atom stereocenters. The minimum absolute atomic E-state index is 0.0836. The van der Waals surface area contributed by atoms with Gasteiger partial charge in [0.25, 0.3) is 0 Å². The fraction of sp³-hybridized carbons (Fsp3) is 0.438. The lowest BCUT2D eigenvalue weighted by Crippen LogP contribution is -2.13. The van der Waals surface area contributed by atoms with Crippen LogP contribution < -0.4 is 5.32 Å². The number of aryl methyl sites for hydroxylation is 1. The molecule has 0 aliphatic carbocycles. The highest BCUT2D eigenvalue weighted by Gasteiger charge is 2.17. The molecule has 2 heterocycles. The lowest BCUT2D eigenvalue weighted by atomic mass is 10.2. The largest absolute Gasteiger partial charge is 0.351 e. The van der Waals surface area contributed by atoms with Crippen LogP contribution in [-0.4, -0.2) is 18.9 Å². The Morgan fingerprint density at radius 2 is 1.95 bits per heavy atom. The SMILES string of the molecule is CCn1c(C(C)Nc2nc(C(C)C)ns2)nc2ccccc21. The zero-order chi connectivity index (χ0) is 15.7. The van der Waals surface area contributed by atoms with Crippen LogP contribution in [0.15, 0.2) is 24.3 Å². The number of hydrogen-bond acceptors (Lipinski definition) is 5. The number of nitrogens with zero attached hydrogens (tertiary/aromatic N) is 4. The van der Waals surface area contributed by atoms with E-state index in [0.29, 0.717) is 5.92 Å². The third-order valence-electron chi connectivity index (χ3n) is 3.69. The Balaban J connectivity index is 1.89. The zero-order valence-corrected chi connectivity index (χ0v) is 14.2. The van der Waals surface area contributed by atoms with Gasteiger partial charge in [-0.2, -0.15) is 4.37 Å². The van der Waals surface area contributed by atoms with Crippen molar-refractivity contribution in [1.82, 2.24) is 18.9 Å². The maximum Gasteiger partial charge on any atom is 0.203 e. The van der Waals surface area contributed by atoms with Crippen molar-refractivity contribution < 1.29 is 0 Å². The van der Waals surface area contributed by atoms with Crippen molar-refractivity contribution >= 4 is 27.7 Å². The monoisotopic (exact) mass is 315 g/mol. The van der Waals surface area contributed by atoms with Gasteiger partial charge >= 0.3 is 0 Å². The van der Waals surface area contributed by atoms with Crippen molar-refractivity contribution in [2.45, 2.75) is 46.2 Å². The molecule has 0 fully saturated rings. The number of para-hydroxylation sites is 2. The summed E-state index contributed by atoms with van der Waals surface area (Å²) < 4.78 is 6.64. The third kappa shape index (κ3) is 2.70. The molecule has 1 aromatic carbocycles. The average Bonchev–Trinajstić information content (AvgIpc) is 3.10. The van der Waals surface area contributed by atoms with Crippen molar-refractivity contribution in [1.29, 1.82) is 0 Å². The molecular formula is C16H21N5S. The molecule has 3 aromatic rings. The number of fused-ring (bicyclic) bond motifs is 1. The van der Waals surface area contributed by atoms with E-state index in [1.807, 2.05) is 6.07 Å². The van der Waals surface area contributed by atoms with Crippen LogP contribution in [0.3, 0.4) is 0 Å². The predicted molar refractivity (Wildman–Crippen MR) is 91.4 cm³/mol. The number of rotatable bonds is 5. The second kappa shape index (κ2) is 6.04. The molecule has 22 heavy (non-hydrogen) atoms. The van der Waals surface area contributed by atoms with Crippen molar-refractivity contribution in [3.8, 4) is 0 Å². The van der Waals surface area contributed by atoms with Gasteiger partial charge in [-0.3, -0.25) is 0 Å². The Morgan fingerprint density at radius 1 is 1.18 bits per heavy atom. The summed E-state index contributed by atoms with van der Waals surface area (Å²) in [5.41, 5.74) is 2.21. The minimum atomic E-state index is 0.0836. The molecule has 0 bridgehead atoms. The molecule has 6 heteroatoms. The summed E-state index contributed by atoms with van der Waals surface area (Å²) in [4.78, 5) is 9.32. The van der Waals surface area contributed by atoms with E-state index in [-0.39, 0.29) is 6.04 Å². The van der Waals surface area contributed by atoms with Gasteiger partial charge in [-0.1, -0.05) is 26.0 Å². The summed E-state index contributed by atoms with van der Waals surface area (Å²) >= 11 is 1.41. The summed E-state index contributed by atoms with van der Waals surface area (Å²) in [7, 11) is 0. The van der Waals surface area contributed by atoms with Gasteiger partial charge in [0.2, 0.25) is 5.13 Å². The topological polar surface area (TPSA) is 55.6 Å². The lowest BCUT2D eigenvalue weighted by molar-refractivity contribution is 0.673. The van der Waals surface area contributed by atoms with Crippen LogP contribution in [0.25, 0.3) is 11.0 Å². The van der Waals surface area contributed by atoms with E-state index < -0.39 is 0 Å². The summed E-state index contributed by atoms with van der Waals surface area (Å²) in [5.74, 6) is 2.27. The first-order valence-electron chi connectivity index (χ1n) is 7.65. The summed E-state index contributed by atoms with van der Waals surface area (Å²) in [5, 5.41) is 4.28. The van der Waals surface area contributed by atoms with Gasteiger partial charge in [-0.05, 0) is 26.0 Å². The minimum Gasteiger partial charge on any atom is -0.351 e. The fourth-order valence-electron chi connectivity index (χ4n) is 2.53. The first kappa shape index (κ1) is 15.0. The van der Waals surface area contributed by atoms with Gasteiger partial charge in [-0.15, -0.1) is 0 Å². The van der Waals surface area contributed by atoms with E-state index in [1.165, 1.54) is 17.0 Å². The fourth-order valence-corrected chi connectivity index (χ4v) is 3.33. The molecule has 5 nitrogen and oxygen atoms in total. The van der Waals surface area contributed by atoms with Crippen LogP contribution in [0.4, 0.5) is 5.13 Å². The van der Waals surface area contributed by atoms with E-state index >= 15 is 0 Å². The molecule has 0 spiro atoms. The summed E-state index contributed by atoms with van der Waals surface area (Å²) in [6.07, 6.45) is 0. The summed E-state index contributed by atoms with van der Waals surface area (Å²) in [6.45, 7) is 9.36. The third-order valence-corrected chi connectivity index (χ3v) is 4.35. The molecule has 0 amide bonds. The molecule has 0 aliphatic heterocycles. The number of benzene rings is 1. The van der Waals surface area contributed by atoms with Gasteiger partial charge in [0.1, 0.15) is 11.6 Å². The highest BCUT2D eigenvalue weighted by Crippen LogP contribution is 2.25. The number of aromatic nitrogens is 4. The molecule has 3 rings (SSSR count). The first-order valence-corrected chi connectivity index (χ1v) is 8.42. The standard InChI is InChI=1S/C16H21N5S/c1-5-21-13-9-7-6-8-12(13)18-15(21)11(4)17-16-19-14(10(2)3)20-22-16/h6-11H,5H2,1-4H3,(H,17,19,20). The van der Waals surface area contributed by atoms with E-state index in [0.717, 1.165) is 28.8 Å². The molecular weight excluding hydrogens is 294 g/mol. The quantitative estimate of drug-likeness (QED) is 0.766. The van der Waals surface area contributed by atoms with E-state index in [4.69, 9.17) is 4.98 Å². The van der Waals surface area contributed by atoms with Crippen molar-refractivity contribution in [2.24, 2.45) is 0 Å². The van der Waals surface area contributed by atoms with Crippen molar-refractivity contribution in [3.05, 3.63) is 35.9 Å². The maximum atomic E-state index is 4.78. The molecule has 0 radical (unpaired) electrons. The van der Waals surface area contributed by atoms with E-state index in [2.05, 4.69) is 65.1 Å². The van der Waals surface area contributed by atoms with Crippen LogP contribution in [0.2, 0.25) is 0 Å². The second-order valence-corrected chi connectivity index (χ2v) is 6.43. The predicted octanol–water partition coefficient (Wildman–Crippen LogP) is 4.20. The Labute approximate surface area is 134 Å². The van der Waals surface area contributed by atoms with Gasteiger partial charge < -0.3 is 9.88 Å². The highest BCUT2D eigenvalue weighted by atomic mass is 32.1. The zero-order valence-electron chi connectivity index (χ0n) is 13.4. The van der Waals surface area contributed by atoms with Gasteiger partial charge in [-0.25, -0.2) is 9.97 Å². The molecule has 0 saturated heterocycles. The van der Waals surface area contributed by atoms with Crippen LogP contribution in [-0.2, 0) is 6.54 Å². The molecule has 2 aromatic heterocycles. The Bertz CT molecular complexity index is 774. The Morgan fingerprint density at radius 3 is 2.64 bits per heavy atom. The Hall–Kier alpha value is -1.95. The first-order chi connectivity index (χ1) is 10.6. The number of anilines is 1. The molecule has 116 valence electrons. The normalized spacial score (nSPS) is 13.0. The molecule has 1 unspecified atom stereocenters. The van der Waals surface area contributed by atoms with Gasteiger partial charge in [0.15, 0.2) is 0 Å². The van der Waals surface area contributed by atoms with Crippen molar-refractivity contribution in [2.75, 3.05) is 5.32 Å². The molecule has 0 aliphatic rings. The van der Waals surface area contributed by atoms with Gasteiger partial charge in [0.05, 0.1) is 17.1 Å². The van der Waals surface area contributed by atoms with Crippen LogP contribution in [0.5, 0.6) is 0 Å². The number of nitrogens with one attached hydrogen (secondary N) is 1. The number of imidazole rings is 1. The molecule has 1 N–H and O–H groups in total. The van der Waals surface area contributed by atoms with Crippen LogP contribution in [0.1, 0.15) is 51.3 Å². The van der Waals surface area contributed by atoms with Crippen LogP contribution in [0, 0.1) is 0 Å². The van der Waals surface area contributed by atoms with Crippen LogP contribution >= 0.6 is 11.5 Å². The smallest absolute Gasteiger partial charge is 0.203 e. The van der Waals surface area contributed by atoms with E-state index in [9.17, 15) is 0 Å². The second-order valence-electron chi connectivity index (χ2n) is 5.68. The highest BCUT2D eigenvalue weighted by molar-refractivity contribution is 7.09. The Kier molecular flexibility index (Phi) is 4.11. The molecule has 0 saturated carbocycles. The maximum absolute atomic E-state index is 4.78. The van der Waals surface area contributed by atoms with Crippen molar-refractivity contribution in [3.63, 3.8) is 0 Å². The van der Waals surface area contributed by atoms with Gasteiger partial charge in [0, 0.05) is 24.0 Å². The lowest BCUT2D eigenvalue weighted by Gasteiger charge is -2.14.